The first-order chi connectivity index (χ1) is 18.1. The fourth-order valence-corrected chi connectivity index (χ4v) is 5.04. The van der Waals surface area contributed by atoms with Gasteiger partial charge in [0.15, 0.2) is 0 Å². The number of aromatic nitrogens is 1. The number of hydrogen-bond acceptors (Lipinski definition) is 5. The first kappa shape index (κ1) is 27.0. The van der Waals surface area contributed by atoms with E-state index in [2.05, 4.69) is 10.5 Å². The zero-order valence-electron chi connectivity index (χ0n) is 21.1. The molecular formula is C28H27ClN4O4S. The Morgan fingerprint density at radius 3 is 2.29 bits per heavy atom. The van der Waals surface area contributed by atoms with E-state index in [9.17, 15) is 13.2 Å². The highest BCUT2D eigenvalue weighted by Gasteiger charge is 2.21. The molecule has 1 amide bonds. The molecule has 10 heteroatoms. The summed E-state index contributed by atoms with van der Waals surface area (Å²) in [5.74, 6) is 0.609. The molecule has 0 fully saturated rings. The van der Waals surface area contributed by atoms with Crippen LogP contribution in [0.1, 0.15) is 17.0 Å². The number of ether oxygens (including phenoxy) is 1. The summed E-state index contributed by atoms with van der Waals surface area (Å²) >= 11 is 6.37. The lowest BCUT2D eigenvalue weighted by Gasteiger charge is -2.21. The van der Waals surface area contributed by atoms with E-state index in [1.807, 2.05) is 79.1 Å². The first-order valence-corrected chi connectivity index (χ1v) is 13.9. The van der Waals surface area contributed by atoms with Crippen LogP contribution in [0.4, 0.5) is 5.69 Å². The van der Waals surface area contributed by atoms with Crippen LogP contribution >= 0.6 is 11.6 Å². The molecule has 196 valence electrons. The lowest BCUT2D eigenvalue weighted by molar-refractivity contribution is -0.119. The maximum absolute atomic E-state index is 12.6. The van der Waals surface area contributed by atoms with E-state index in [1.54, 1.807) is 24.3 Å². The van der Waals surface area contributed by atoms with Gasteiger partial charge >= 0.3 is 0 Å². The smallest absolute Gasteiger partial charge is 0.260 e. The van der Waals surface area contributed by atoms with Gasteiger partial charge in [0.2, 0.25) is 10.0 Å². The molecule has 0 unspecified atom stereocenters. The number of amides is 1. The molecule has 4 aromatic rings. The highest BCUT2D eigenvalue weighted by molar-refractivity contribution is 7.92. The van der Waals surface area contributed by atoms with Crippen molar-refractivity contribution in [3.8, 4) is 17.2 Å². The van der Waals surface area contributed by atoms with Crippen LogP contribution < -0.4 is 14.5 Å². The summed E-state index contributed by atoms with van der Waals surface area (Å²) in [6, 6.07) is 25.1. The molecule has 0 bridgehead atoms. The molecule has 0 saturated carbocycles. The Kier molecular flexibility index (Phi) is 8.19. The Hall–Kier alpha value is -4.08. The van der Waals surface area contributed by atoms with Gasteiger partial charge in [0.1, 0.15) is 18.0 Å². The van der Waals surface area contributed by atoms with Gasteiger partial charge in [-0.25, -0.2) is 13.8 Å². The van der Waals surface area contributed by atoms with Crippen LogP contribution in [0.5, 0.6) is 11.5 Å². The molecule has 0 aliphatic carbocycles. The lowest BCUT2D eigenvalue weighted by Crippen LogP contribution is -2.39. The topological polar surface area (TPSA) is 93.0 Å². The fourth-order valence-electron chi connectivity index (χ4n) is 3.97. The van der Waals surface area contributed by atoms with Crippen LogP contribution in [-0.2, 0) is 14.8 Å². The average molecular weight is 551 g/mol. The monoisotopic (exact) mass is 550 g/mol. The number of hydrazone groups is 1. The van der Waals surface area contributed by atoms with Gasteiger partial charge in [0, 0.05) is 17.0 Å². The molecule has 0 aliphatic rings. The number of nitrogens with zero attached hydrogens (tertiary/aromatic N) is 3. The number of carbonyl (C=O) groups is 1. The van der Waals surface area contributed by atoms with Crippen LogP contribution in [0.2, 0.25) is 5.02 Å². The van der Waals surface area contributed by atoms with E-state index in [0.29, 0.717) is 22.2 Å². The lowest BCUT2D eigenvalue weighted by atomic mass is 10.2. The molecule has 3 aromatic carbocycles. The normalized spacial score (nSPS) is 11.5. The number of hydrogen-bond donors (Lipinski definition) is 1. The minimum atomic E-state index is -3.74. The molecule has 0 saturated heterocycles. The van der Waals surface area contributed by atoms with Crippen molar-refractivity contribution in [2.45, 2.75) is 13.8 Å². The maximum Gasteiger partial charge on any atom is 0.260 e. The van der Waals surface area contributed by atoms with Gasteiger partial charge in [0.05, 0.1) is 28.9 Å². The molecule has 38 heavy (non-hydrogen) atoms. The van der Waals surface area contributed by atoms with Gasteiger partial charge in [-0.3, -0.25) is 9.10 Å². The van der Waals surface area contributed by atoms with Crippen LogP contribution in [0.15, 0.2) is 90.0 Å². The molecule has 0 atom stereocenters. The summed E-state index contributed by atoms with van der Waals surface area (Å²) in [5, 5.41) is 4.67. The van der Waals surface area contributed by atoms with Crippen molar-refractivity contribution in [1.82, 2.24) is 9.99 Å². The number of anilines is 1. The Labute approximate surface area is 227 Å². The Morgan fingerprint density at radius 2 is 1.63 bits per heavy atom. The maximum atomic E-state index is 12.6. The van der Waals surface area contributed by atoms with Gasteiger partial charge in [-0.1, -0.05) is 41.9 Å². The summed E-state index contributed by atoms with van der Waals surface area (Å²) in [4.78, 5) is 12.6. The fraction of sp³-hybridized carbons (Fsp3) is 0.143. The molecule has 4 rings (SSSR count). The molecule has 8 nitrogen and oxygen atoms in total. The summed E-state index contributed by atoms with van der Waals surface area (Å²) in [5.41, 5.74) is 6.22. The molecule has 0 radical (unpaired) electrons. The number of sulfonamides is 1. The number of rotatable bonds is 9. The van der Waals surface area contributed by atoms with Crippen molar-refractivity contribution < 1.29 is 17.9 Å². The minimum Gasteiger partial charge on any atom is -0.457 e. The van der Waals surface area contributed by atoms with Crippen molar-refractivity contribution >= 4 is 39.4 Å². The van der Waals surface area contributed by atoms with Crippen LogP contribution in [0.3, 0.4) is 0 Å². The number of nitrogens with one attached hydrogen (secondary N) is 1. The summed E-state index contributed by atoms with van der Waals surface area (Å²) in [6.45, 7) is 3.44. The minimum absolute atomic E-state index is 0.329. The highest BCUT2D eigenvalue weighted by Crippen LogP contribution is 2.27. The van der Waals surface area contributed by atoms with E-state index in [4.69, 9.17) is 16.3 Å². The van der Waals surface area contributed by atoms with E-state index in [-0.39, 0.29) is 0 Å². The van der Waals surface area contributed by atoms with E-state index < -0.39 is 22.5 Å². The number of carbonyl (C=O) groups excluding carboxylic acids is 1. The zero-order chi connectivity index (χ0) is 27.3. The molecule has 0 spiro atoms. The van der Waals surface area contributed by atoms with Crippen molar-refractivity contribution in [1.29, 1.82) is 0 Å². The standard InChI is InChI=1S/C28H27ClN4O4S/c1-20-17-22(21(2)33(20)27-12-8-7-11-26(27)29)18-30-31-28(34)19-32(38(3,35)36)23-13-15-25(16-14-23)37-24-9-5-4-6-10-24/h4-18H,19H2,1-3H3,(H,31,34)/b30-18+. The predicted molar refractivity (Wildman–Crippen MR) is 151 cm³/mol. The highest BCUT2D eigenvalue weighted by atomic mass is 35.5. The van der Waals surface area contributed by atoms with E-state index >= 15 is 0 Å². The first-order valence-electron chi connectivity index (χ1n) is 11.7. The van der Waals surface area contributed by atoms with Gasteiger partial charge in [-0.15, -0.1) is 0 Å². The largest absolute Gasteiger partial charge is 0.457 e. The third kappa shape index (κ3) is 6.42. The van der Waals surface area contributed by atoms with Gasteiger partial charge in [-0.2, -0.15) is 5.10 Å². The molecule has 1 N–H and O–H groups in total. The van der Waals surface area contributed by atoms with Crippen LogP contribution in [-0.4, -0.2) is 37.9 Å². The average Bonchev–Trinajstić information content (AvgIpc) is 3.16. The zero-order valence-corrected chi connectivity index (χ0v) is 22.7. The van der Waals surface area contributed by atoms with Gasteiger partial charge < -0.3 is 9.30 Å². The van der Waals surface area contributed by atoms with Crippen molar-refractivity contribution in [2.24, 2.45) is 5.10 Å². The van der Waals surface area contributed by atoms with Gasteiger partial charge in [0.25, 0.3) is 5.91 Å². The Morgan fingerprint density at radius 1 is 1.00 bits per heavy atom. The Bertz CT molecular complexity index is 1570. The molecule has 1 heterocycles. The third-order valence-electron chi connectivity index (χ3n) is 5.75. The molecule has 1 aromatic heterocycles. The Balaban J connectivity index is 1.44. The second kappa shape index (κ2) is 11.5. The summed E-state index contributed by atoms with van der Waals surface area (Å²) < 4.78 is 33.7. The third-order valence-corrected chi connectivity index (χ3v) is 7.21. The second-order valence-corrected chi connectivity index (χ2v) is 10.9. The molecule has 0 aliphatic heterocycles. The van der Waals surface area contributed by atoms with Crippen molar-refractivity contribution in [3.05, 3.63) is 107 Å². The summed E-state index contributed by atoms with van der Waals surface area (Å²) in [6.07, 6.45) is 2.57. The van der Waals surface area contributed by atoms with Crippen LogP contribution in [0, 0.1) is 13.8 Å². The van der Waals surface area contributed by atoms with E-state index in [0.717, 1.165) is 33.2 Å². The molecular weight excluding hydrogens is 524 g/mol. The van der Waals surface area contributed by atoms with Gasteiger partial charge in [-0.05, 0) is 68.4 Å². The van der Waals surface area contributed by atoms with Crippen LogP contribution in [0.25, 0.3) is 5.69 Å². The SMILES string of the molecule is Cc1cc(/C=N/NC(=O)CN(c2ccc(Oc3ccccc3)cc2)S(C)(=O)=O)c(C)n1-c1ccccc1Cl. The van der Waals surface area contributed by atoms with Crippen molar-refractivity contribution in [2.75, 3.05) is 17.1 Å². The van der Waals surface area contributed by atoms with E-state index in [1.165, 1.54) is 6.21 Å². The second-order valence-electron chi connectivity index (χ2n) is 8.59. The number of halogens is 1. The number of benzene rings is 3. The number of para-hydroxylation sites is 2. The quantitative estimate of drug-likeness (QED) is 0.221. The van der Waals surface area contributed by atoms with Crippen molar-refractivity contribution in [3.63, 3.8) is 0 Å². The summed E-state index contributed by atoms with van der Waals surface area (Å²) in [7, 11) is -3.74. The number of aryl methyl sites for hydroxylation is 1. The predicted octanol–water partition coefficient (Wildman–Crippen LogP) is 5.46.